The Labute approximate surface area is 204 Å². The third-order valence-corrected chi connectivity index (χ3v) is 7.03. The van der Waals surface area contributed by atoms with Gasteiger partial charge in [0.25, 0.3) is 0 Å². The summed E-state index contributed by atoms with van der Waals surface area (Å²) in [6, 6.07) is 20.3. The van der Waals surface area contributed by atoms with Crippen LogP contribution in [-0.2, 0) is 17.8 Å². The lowest BCUT2D eigenvalue weighted by atomic mass is 9.83. The highest BCUT2D eigenvalue weighted by Gasteiger charge is 2.41. The predicted octanol–water partition coefficient (Wildman–Crippen LogP) is 4.67. The standard InChI is InChI=1S/C27H27ClFN3O2/c1-34-26-10-9-20(28)15-24(26)31-11-12-32-23-8-3-2-6-19(23)14-22(25(32)17-31)27(33)30-16-18-5-4-7-21(29)13-18/h2-10,13,15,22,25H,11-12,14,16-17H2,1H3,(H,30,33)/t22-,25-/m0/s1. The molecule has 1 saturated heterocycles. The normalized spacial score (nSPS) is 19.3. The van der Waals surface area contributed by atoms with Crippen LogP contribution in [0.15, 0.2) is 66.7 Å². The van der Waals surface area contributed by atoms with E-state index in [1.807, 2.05) is 36.4 Å². The van der Waals surface area contributed by atoms with E-state index < -0.39 is 0 Å². The summed E-state index contributed by atoms with van der Waals surface area (Å²) in [5.41, 5.74) is 4.06. The number of benzene rings is 3. The second-order valence-corrected chi connectivity index (χ2v) is 9.25. The zero-order chi connectivity index (χ0) is 23.7. The second-order valence-electron chi connectivity index (χ2n) is 8.81. The molecule has 176 valence electrons. The Balaban J connectivity index is 1.42. The minimum atomic E-state index is -0.303. The average molecular weight is 480 g/mol. The molecule has 0 saturated carbocycles. The van der Waals surface area contributed by atoms with Crippen molar-refractivity contribution in [2.75, 3.05) is 36.5 Å². The van der Waals surface area contributed by atoms with Crippen LogP contribution in [0.5, 0.6) is 5.75 Å². The molecule has 0 unspecified atom stereocenters. The number of para-hydroxylation sites is 1. The average Bonchev–Trinajstić information content (AvgIpc) is 2.86. The molecule has 1 N–H and O–H groups in total. The first-order valence-corrected chi connectivity index (χ1v) is 11.9. The van der Waals surface area contributed by atoms with Crippen molar-refractivity contribution in [2.45, 2.75) is 19.0 Å². The lowest BCUT2D eigenvalue weighted by Crippen LogP contribution is -2.61. The Bertz CT molecular complexity index is 1200. The molecular formula is C27H27ClFN3O2. The molecule has 0 spiro atoms. The fourth-order valence-electron chi connectivity index (χ4n) is 5.15. The van der Waals surface area contributed by atoms with Crippen molar-refractivity contribution in [3.05, 3.63) is 88.7 Å². The largest absolute Gasteiger partial charge is 0.495 e. The molecule has 2 heterocycles. The Morgan fingerprint density at radius 1 is 1.09 bits per heavy atom. The molecule has 0 bridgehead atoms. The second kappa shape index (κ2) is 9.55. The van der Waals surface area contributed by atoms with Gasteiger partial charge in [-0.05, 0) is 53.9 Å². The van der Waals surface area contributed by atoms with Crippen LogP contribution in [0.3, 0.4) is 0 Å². The van der Waals surface area contributed by atoms with Gasteiger partial charge in [0.15, 0.2) is 0 Å². The maximum absolute atomic E-state index is 13.6. The van der Waals surface area contributed by atoms with Gasteiger partial charge >= 0.3 is 0 Å². The number of piperazine rings is 1. The molecule has 7 heteroatoms. The molecule has 34 heavy (non-hydrogen) atoms. The van der Waals surface area contributed by atoms with Gasteiger partial charge < -0.3 is 19.9 Å². The molecule has 3 aromatic carbocycles. The third-order valence-electron chi connectivity index (χ3n) is 6.80. The Hall–Kier alpha value is -3.25. The molecule has 3 aromatic rings. The topological polar surface area (TPSA) is 44.8 Å². The van der Waals surface area contributed by atoms with Crippen LogP contribution in [0.25, 0.3) is 0 Å². The van der Waals surface area contributed by atoms with E-state index in [1.165, 1.54) is 23.4 Å². The van der Waals surface area contributed by atoms with Crippen LogP contribution in [0.2, 0.25) is 5.02 Å². The number of methoxy groups -OCH3 is 1. The quantitative estimate of drug-likeness (QED) is 0.577. The Morgan fingerprint density at radius 2 is 1.94 bits per heavy atom. The SMILES string of the molecule is COc1ccc(Cl)cc1N1CCN2c3ccccc3C[C@H](C(=O)NCc3cccc(F)c3)[C@@H]2C1. The Morgan fingerprint density at radius 3 is 2.76 bits per heavy atom. The monoisotopic (exact) mass is 479 g/mol. The minimum absolute atomic E-state index is 0.0140. The van der Waals surface area contributed by atoms with Crippen LogP contribution >= 0.6 is 11.6 Å². The maximum Gasteiger partial charge on any atom is 0.225 e. The Kier molecular flexibility index (Phi) is 6.33. The molecule has 2 atom stereocenters. The first kappa shape index (κ1) is 22.5. The number of nitrogens with zero attached hydrogens (tertiary/aromatic N) is 2. The number of fused-ring (bicyclic) bond motifs is 3. The summed E-state index contributed by atoms with van der Waals surface area (Å²) in [4.78, 5) is 18.1. The molecule has 5 nitrogen and oxygen atoms in total. The molecule has 5 rings (SSSR count). The van der Waals surface area contributed by atoms with E-state index in [1.54, 1.807) is 13.2 Å². The molecule has 2 aliphatic rings. The number of nitrogens with one attached hydrogen (secondary N) is 1. The van der Waals surface area contributed by atoms with Gasteiger partial charge in [0, 0.05) is 36.9 Å². The van der Waals surface area contributed by atoms with Gasteiger partial charge in [-0.1, -0.05) is 41.9 Å². The van der Waals surface area contributed by atoms with E-state index in [9.17, 15) is 9.18 Å². The summed E-state index contributed by atoms with van der Waals surface area (Å²) in [6.07, 6.45) is 0.660. The first-order chi connectivity index (χ1) is 16.5. The van der Waals surface area contributed by atoms with Crippen molar-refractivity contribution >= 4 is 28.9 Å². The molecule has 1 amide bonds. The third kappa shape index (κ3) is 4.42. The zero-order valence-electron chi connectivity index (χ0n) is 19.0. The highest BCUT2D eigenvalue weighted by atomic mass is 35.5. The summed E-state index contributed by atoms with van der Waals surface area (Å²) in [7, 11) is 1.66. The summed E-state index contributed by atoms with van der Waals surface area (Å²) in [5.74, 6) is 0.203. The van der Waals surface area contributed by atoms with Crippen LogP contribution < -0.4 is 19.9 Å². The molecule has 0 radical (unpaired) electrons. The van der Waals surface area contributed by atoms with Gasteiger partial charge in [-0.3, -0.25) is 4.79 Å². The van der Waals surface area contributed by atoms with Crippen LogP contribution in [0.4, 0.5) is 15.8 Å². The molecule has 2 aliphatic heterocycles. The number of carbonyl (C=O) groups is 1. The smallest absolute Gasteiger partial charge is 0.225 e. The van der Waals surface area contributed by atoms with Crippen LogP contribution in [0, 0.1) is 11.7 Å². The van der Waals surface area contributed by atoms with E-state index in [4.69, 9.17) is 16.3 Å². The number of hydrogen-bond acceptors (Lipinski definition) is 4. The fourth-order valence-corrected chi connectivity index (χ4v) is 5.32. The number of ether oxygens (including phenoxy) is 1. The van der Waals surface area contributed by atoms with Gasteiger partial charge in [-0.2, -0.15) is 0 Å². The zero-order valence-corrected chi connectivity index (χ0v) is 19.8. The van der Waals surface area contributed by atoms with Gasteiger partial charge in [-0.15, -0.1) is 0 Å². The van der Waals surface area contributed by atoms with Gasteiger partial charge in [0.05, 0.1) is 24.8 Å². The summed E-state index contributed by atoms with van der Waals surface area (Å²) >= 11 is 6.30. The molecule has 0 aliphatic carbocycles. The van der Waals surface area contributed by atoms with Crippen molar-refractivity contribution in [1.29, 1.82) is 0 Å². The van der Waals surface area contributed by atoms with Gasteiger partial charge in [-0.25, -0.2) is 4.39 Å². The molecule has 0 aromatic heterocycles. The van der Waals surface area contributed by atoms with Crippen molar-refractivity contribution in [2.24, 2.45) is 5.92 Å². The highest BCUT2D eigenvalue weighted by molar-refractivity contribution is 6.31. The van der Waals surface area contributed by atoms with Crippen molar-refractivity contribution in [3.63, 3.8) is 0 Å². The fraction of sp³-hybridized carbons (Fsp3) is 0.296. The number of halogens is 2. The van der Waals surface area contributed by atoms with E-state index >= 15 is 0 Å². The number of rotatable bonds is 5. The summed E-state index contributed by atoms with van der Waals surface area (Å²) < 4.78 is 19.2. The summed E-state index contributed by atoms with van der Waals surface area (Å²) in [5, 5.41) is 3.70. The van der Waals surface area contributed by atoms with E-state index in [0.29, 0.717) is 24.5 Å². The van der Waals surface area contributed by atoms with E-state index in [0.717, 1.165) is 30.1 Å². The lowest BCUT2D eigenvalue weighted by molar-refractivity contribution is -0.126. The highest BCUT2D eigenvalue weighted by Crippen LogP contribution is 2.39. The van der Waals surface area contributed by atoms with Crippen molar-refractivity contribution in [3.8, 4) is 5.75 Å². The number of hydrogen-bond donors (Lipinski definition) is 1. The van der Waals surface area contributed by atoms with E-state index in [-0.39, 0.29) is 23.7 Å². The number of amides is 1. The molecular weight excluding hydrogens is 453 g/mol. The minimum Gasteiger partial charge on any atom is -0.495 e. The number of anilines is 2. The van der Waals surface area contributed by atoms with Crippen molar-refractivity contribution in [1.82, 2.24) is 5.32 Å². The van der Waals surface area contributed by atoms with Gasteiger partial charge in [0.2, 0.25) is 5.91 Å². The first-order valence-electron chi connectivity index (χ1n) is 11.5. The maximum atomic E-state index is 13.6. The number of carbonyl (C=O) groups excluding carboxylic acids is 1. The summed E-state index contributed by atoms with van der Waals surface area (Å²) in [6.45, 7) is 2.54. The van der Waals surface area contributed by atoms with Crippen LogP contribution in [-0.4, -0.2) is 38.7 Å². The predicted molar refractivity (Wildman–Crippen MR) is 133 cm³/mol. The van der Waals surface area contributed by atoms with E-state index in [2.05, 4.69) is 27.2 Å². The van der Waals surface area contributed by atoms with Crippen molar-refractivity contribution < 1.29 is 13.9 Å². The van der Waals surface area contributed by atoms with Gasteiger partial charge in [0.1, 0.15) is 11.6 Å². The van der Waals surface area contributed by atoms with Crippen LogP contribution in [0.1, 0.15) is 11.1 Å². The molecule has 1 fully saturated rings. The lowest BCUT2D eigenvalue weighted by Gasteiger charge is -2.49.